The topological polar surface area (TPSA) is 98.2 Å². The van der Waals surface area contributed by atoms with E-state index in [0.29, 0.717) is 35.1 Å². The van der Waals surface area contributed by atoms with Gasteiger partial charge in [-0.3, -0.25) is 13.3 Å². The molecule has 3 aromatic carbocycles. The quantitative estimate of drug-likeness (QED) is 0.286. The van der Waals surface area contributed by atoms with Crippen LogP contribution in [0.15, 0.2) is 72.8 Å². The van der Waals surface area contributed by atoms with Crippen molar-refractivity contribution in [1.82, 2.24) is 14.1 Å². The summed E-state index contributed by atoms with van der Waals surface area (Å²) in [5.74, 6) is -0.255. The summed E-state index contributed by atoms with van der Waals surface area (Å²) in [5.41, 5.74) is 2.68. The third-order valence-electron chi connectivity index (χ3n) is 5.15. The van der Waals surface area contributed by atoms with Gasteiger partial charge in [0.25, 0.3) is 5.91 Å². The molecule has 1 heterocycles. The SMILES string of the molecule is O=C(NCCc1ccc(Cl)cc1Cl)c1ccccc1N(c1nsnc1Cc1ccccc1)S(=O)[O-]. The fourth-order valence-electron chi connectivity index (χ4n) is 3.49. The van der Waals surface area contributed by atoms with E-state index < -0.39 is 17.2 Å². The molecule has 180 valence electrons. The molecule has 35 heavy (non-hydrogen) atoms. The maximum Gasteiger partial charge on any atom is 0.253 e. The van der Waals surface area contributed by atoms with E-state index in [2.05, 4.69) is 14.1 Å². The van der Waals surface area contributed by atoms with E-state index in [-0.39, 0.29) is 17.1 Å². The summed E-state index contributed by atoms with van der Waals surface area (Å²) in [5, 5.41) is 3.88. The Morgan fingerprint density at radius 1 is 1.03 bits per heavy atom. The summed E-state index contributed by atoms with van der Waals surface area (Å²) in [6.07, 6.45) is 0.884. The smallest absolute Gasteiger partial charge is 0.253 e. The molecule has 0 bridgehead atoms. The lowest BCUT2D eigenvalue weighted by atomic mass is 10.1. The summed E-state index contributed by atoms with van der Waals surface area (Å²) < 4.78 is 34.2. The van der Waals surface area contributed by atoms with E-state index in [0.717, 1.165) is 27.2 Å². The number of nitrogens with zero attached hydrogens (tertiary/aromatic N) is 3. The largest absolute Gasteiger partial charge is 0.755 e. The highest BCUT2D eigenvalue weighted by Gasteiger charge is 2.24. The molecule has 0 aliphatic carbocycles. The van der Waals surface area contributed by atoms with Gasteiger partial charge in [-0.05, 0) is 41.8 Å². The molecule has 1 unspecified atom stereocenters. The molecule has 1 aromatic heterocycles. The van der Waals surface area contributed by atoms with Gasteiger partial charge in [-0.2, -0.15) is 8.75 Å². The van der Waals surface area contributed by atoms with Crippen LogP contribution >= 0.6 is 34.9 Å². The first-order valence-corrected chi connectivity index (χ1v) is 13.0. The van der Waals surface area contributed by atoms with Crippen molar-refractivity contribution in [2.24, 2.45) is 0 Å². The fourth-order valence-corrected chi connectivity index (χ4v) is 5.21. The molecular formula is C24H19Cl2N4O3S2-. The normalized spacial score (nSPS) is 11.7. The Hall–Kier alpha value is -2.82. The second kappa shape index (κ2) is 11.7. The number of carbonyl (C=O) groups excluding carboxylic acids is 1. The van der Waals surface area contributed by atoms with Crippen LogP contribution in [0.1, 0.15) is 27.2 Å². The summed E-state index contributed by atoms with van der Waals surface area (Å²) in [4.78, 5) is 13.0. The Morgan fingerprint density at radius 2 is 1.77 bits per heavy atom. The molecule has 1 atom stereocenters. The molecule has 0 radical (unpaired) electrons. The van der Waals surface area contributed by atoms with Crippen molar-refractivity contribution in [2.75, 3.05) is 10.8 Å². The Labute approximate surface area is 219 Å². The van der Waals surface area contributed by atoms with E-state index in [4.69, 9.17) is 23.2 Å². The number of nitrogens with one attached hydrogen (secondary N) is 1. The second-order valence-electron chi connectivity index (χ2n) is 7.47. The first-order chi connectivity index (χ1) is 16.9. The van der Waals surface area contributed by atoms with Gasteiger partial charge in [0.15, 0.2) is 5.82 Å². The van der Waals surface area contributed by atoms with Crippen molar-refractivity contribution >= 4 is 63.6 Å². The first kappa shape index (κ1) is 25.3. The van der Waals surface area contributed by atoms with Crippen LogP contribution in [-0.4, -0.2) is 30.0 Å². The summed E-state index contributed by atoms with van der Waals surface area (Å²) in [6.45, 7) is 0.298. The maximum atomic E-state index is 13.0. The van der Waals surface area contributed by atoms with Crippen molar-refractivity contribution in [3.8, 4) is 0 Å². The van der Waals surface area contributed by atoms with Gasteiger partial charge in [0.2, 0.25) is 0 Å². The summed E-state index contributed by atoms with van der Waals surface area (Å²) >= 11 is 10.3. The minimum Gasteiger partial charge on any atom is -0.755 e. The number of rotatable bonds is 9. The molecule has 11 heteroatoms. The van der Waals surface area contributed by atoms with E-state index in [1.165, 1.54) is 0 Å². The standard InChI is InChI=1S/C24H20Cl2N4O3S2/c25-18-11-10-17(20(26)15-18)12-13-27-24(31)19-8-4-5-9-22(19)30(35(32)33)23-21(28-34-29-23)14-16-6-2-1-3-7-16/h1-11,15H,12-14H2,(H,27,31)(H,32,33)/p-1. The van der Waals surface area contributed by atoms with Crippen LogP contribution in [0.5, 0.6) is 0 Å². The number of hydrogen-bond acceptors (Lipinski definition) is 6. The van der Waals surface area contributed by atoms with Crippen LogP contribution < -0.4 is 9.62 Å². The molecule has 0 fully saturated rings. The van der Waals surface area contributed by atoms with Crippen LogP contribution in [0.2, 0.25) is 10.0 Å². The Kier molecular flexibility index (Phi) is 8.48. The zero-order valence-corrected chi connectivity index (χ0v) is 21.3. The van der Waals surface area contributed by atoms with E-state index in [9.17, 15) is 13.6 Å². The van der Waals surface area contributed by atoms with Crippen molar-refractivity contribution in [2.45, 2.75) is 12.8 Å². The third kappa shape index (κ3) is 6.25. The number of aromatic nitrogens is 2. The van der Waals surface area contributed by atoms with E-state index in [1.54, 1.807) is 42.5 Å². The Bertz CT molecular complexity index is 1350. The van der Waals surface area contributed by atoms with E-state index in [1.807, 2.05) is 30.3 Å². The molecule has 0 aliphatic heterocycles. The Morgan fingerprint density at radius 3 is 2.51 bits per heavy atom. The van der Waals surface area contributed by atoms with Crippen LogP contribution in [0.25, 0.3) is 0 Å². The van der Waals surface area contributed by atoms with Crippen LogP contribution in [0.3, 0.4) is 0 Å². The van der Waals surface area contributed by atoms with Gasteiger partial charge < -0.3 is 9.87 Å². The molecule has 0 saturated heterocycles. The van der Waals surface area contributed by atoms with Crippen molar-refractivity contribution in [3.05, 3.63) is 105 Å². The molecule has 7 nitrogen and oxygen atoms in total. The number of benzene rings is 3. The van der Waals surface area contributed by atoms with Gasteiger partial charge in [0.1, 0.15) is 5.69 Å². The molecule has 4 aromatic rings. The van der Waals surface area contributed by atoms with Gasteiger partial charge in [0.05, 0.1) is 34.2 Å². The summed E-state index contributed by atoms with van der Waals surface area (Å²) in [7, 11) is 0. The maximum absolute atomic E-state index is 13.0. The molecule has 0 aliphatic rings. The van der Waals surface area contributed by atoms with E-state index >= 15 is 0 Å². The summed E-state index contributed by atoms with van der Waals surface area (Å²) in [6, 6.07) is 21.2. The van der Waals surface area contributed by atoms with Crippen molar-refractivity contribution in [1.29, 1.82) is 0 Å². The van der Waals surface area contributed by atoms with Crippen LogP contribution in [0, 0.1) is 0 Å². The highest BCUT2D eigenvalue weighted by Crippen LogP contribution is 2.32. The molecule has 1 amide bonds. The van der Waals surface area contributed by atoms with Crippen molar-refractivity contribution in [3.63, 3.8) is 0 Å². The van der Waals surface area contributed by atoms with Gasteiger partial charge in [-0.15, -0.1) is 0 Å². The van der Waals surface area contributed by atoms with Crippen molar-refractivity contribution < 1.29 is 13.6 Å². The minimum atomic E-state index is -2.74. The third-order valence-corrected chi connectivity index (χ3v) is 6.97. The predicted octanol–water partition coefficient (Wildman–Crippen LogP) is 5.34. The highest BCUT2D eigenvalue weighted by molar-refractivity contribution is 7.81. The number of carbonyl (C=O) groups is 1. The molecule has 4 rings (SSSR count). The van der Waals surface area contributed by atoms with Gasteiger partial charge >= 0.3 is 0 Å². The fraction of sp³-hybridized carbons (Fsp3) is 0.125. The Balaban J connectivity index is 1.56. The lowest BCUT2D eigenvalue weighted by Gasteiger charge is -2.26. The predicted molar refractivity (Wildman–Crippen MR) is 139 cm³/mol. The lowest BCUT2D eigenvalue weighted by molar-refractivity contribution is 0.0955. The zero-order chi connectivity index (χ0) is 24.8. The highest BCUT2D eigenvalue weighted by atomic mass is 35.5. The molecule has 1 N–H and O–H groups in total. The number of halogens is 2. The van der Waals surface area contributed by atoms with Crippen LogP contribution in [0.4, 0.5) is 11.5 Å². The number of hydrogen-bond donors (Lipinski definition) is 1. The first-order valence-electron chi connectivity index (χ1n) is 10.5. The minimum absolute atomic E-state index is 0.167. The second-order valence-corrected chi connectivity index (χ2v) is 9.64. The molecule has 0 spiro atoms. The number of para-hydroxylation sites is 1. The van der Waals surface area contributed by atoms with Gasteiger partial charge in [-0.1, -0.05) is 71.7 Å². The molecular weight excluding hydrogens is 527 g/mol. The average molecular weight is 546 g/mol. The zero-order valence-electron chi connectivity index (χ0n) is 18.2. The monoisotopic (exact) mass is 545 g/mol. The number of anilines is 2. The molecule has 0 saturated carbocycles. The lowest BCUT2D eigenvalue weighted by Crippen LogP contribution is -2.29. The average Bonchev–Trinajstić information content (AvgIpc) is 3.28. The van der Waals surface area contributed by atoms with Crippen LogP contribution in [-0.2, 0) is 24.1 Å². The number of amides is 1. The van der Waals surface area contributed by atoms with Gasteiger partial charge in [0, 0.05) is 23.0 Å². The van der Waals surface area contributed by atoms with Gasteiger partial charge in [-0.25, -0.2) is 0 Å².